The van der Waals surface area contributed by atoms with Gasteiger partial charge in [0.15, 0.2) is 0 Å². The maximum absolute atomic E-state index is 13.2. The lowest BCUT2D eigenvalue weighted by Gasteiger charge is -2.12. The molecule has 0 saturated heterocycles. The predicted molar refractivity (Wildman–Crippen MR) is 137 cm³/mol. The number of halogens is 1. The number of benzene rings is 4. The molecule has 178 valence electrons. The van der Waals surface area contributed by atoms with Crippen LogP contribution in [-0.2, 0) is 6.61 Å². The normalized spacial score (nSPS) is 11.0. The molecule has 0 radical (unpaired) electrons. The minimum absolute atomic E-state index is 0.276. The molecule has 1 N–H and O–H groups in total. The second-order valence-corrected chi connectivity index (χ2v) is 8.04. The van der Waals surface area contributed by atoms with E-state index in [0.717, 1.165) is 40.5 Å². The molecule has 0 unspecified atom stereocenters. The van der Waals surface area contributed by atoms with Crippen molar-refractivity contribution >= 4 is 22.9 Å². The Morgan fingerprint density at radius 1 is 0.943 bits per heavy atom. The van der Waals surface area contributed by atoms with Gasteiger partial charge in [-0.3, -0.25) is 4.79 Å². The average Bonchev–Trinajstić information content (AvgIpc) is 2.89. The molecule has 4 aromatic rings. The Morgan fingerprint density at radius 2 is 1.71 bits per heavy atom. The van der Waals surface area contributed by atoms with Gasteiger partial charge in [-0.25, -0.2) is 9.82 Å². The van der Waals surface area contributed by atoms with E-state index >= 15 is 0 Å². The largest absolute Gasteiger partial charge is 0.494 e. The van der Waals surface area contributed by atoms with E-state index in [4.69, 9.17) is 9.47 Å². The number of hydrogen-bond donors (Lipinski definition) is 1. The average molecular weight is 471 g/mol. The summed E-state index contributed by atoms with van der Waals surface area (Å²) in [5, 5.41) is 6.15. The summed E-state index contributed by atoms with van der Waals surface area (Å²) >= 11 is 0. The van der Waals surface area contributed by atoms with Gasteiger partial charge in [0.25, 0.3) is 5.91 Å². The number of carbonyl (C=O) groups is 1. The molecule has 0 fully saturated rings. The first-order valence-electron chi connectivity index (χ1n) is 11.6. The fourth-order valence-electron chi connectivity index (χ4n) is 3.53. The summed E-state index contributed by atoms with van der Waals surface area (Å²) in [6.07, 6.45) is 3.64. The molecule has 5 nitrogen and oxygen atoms in total. The van der Waals surface area contributed by atoms with Crippen molar-refractivity contribution in [3.63, 3.8) is 0 Å². The third kappa shape index (κ3) is 6.44. The molecule has 0 aromatic heterocycles. The SMILES string of the molecule is CCCCOc1ccc(C(=O)N/N=C\c2c(OCc3ccc(F)cc3)ccc3ccccc23)cc1. The smallest absolute Gasteiger partial charge is 0.271 e. The highest BCUT2D eigenvalue weighted by molar-refractivity contribution is 6.03. The number of carbonyl (C=O) groups excluding carboxylic acids is 1. The first kappa shape index (κ1) is 24.0. The zero-order chi connectivity index (χ0) is 24.5. The zero-order valence-corrected chi connectivity index (χ0v) is 19.5. The molecular weight excluding hydrogens is 443 g/mol. The van der Waals surface area contributed by atoms with Crippen LogP contribution in [0.2, 0.25) is 0 Å². The number of nitrogens with zero attached hydrogens (tertiary/aromatic N) is 1. The fourth-order valence-corrected chi connectivity index (χ4v) is 3.53. The first-order chi connectivity index (χ1) is 17.1. The van der Waals surface area contributed by atoms with Crippen molar-refractivity contribution in [1.82, 2.24) is 5.43 Å². The molecule has 0 atom stereocenters. The molecule has 4 rings (SSSR count). The number of nitrogens with one attached hydrogen (secondary N) is 1. The standard InChI is InChI=1S/C29H27FN2O3/c1-2-3-18-34-25-15-10-23(11-16-25)29(33)32-31-19-27-26-7-5-4-6-22(26)12-17-28(27)35-20-21-8-13-24(30)14-9-21/h4-17,19H,2-3,18,20H2,1H3,(H,32,33)/b31-19-. The Labute approximate surface area is 204 Å². The summed E-state index contributed by atoms with van der Waals surface area (Å²) < 4.78 is 24.9. The van der Waals surface area contributed by atoms with E-state index in [0.29, 0.717) is 17.9 Å². The monoisotopic (exact) mass is 470 g/mol. The molecule has 0 aliphatic carbocycles. The number of rotatable bonds is 10. The molecular formula is C29H27FN2O3. The lowest BCUT2D eigenvalue weighted by molar-refractivity contribution is 0.0955. The molecule has 0 heterocycles. The Kier molecular flexibility index (Phi) is 8.07. The summed E-state index contributed by atoms with van der Waals surface area (Å²) in [7, 11) is 0. The van der Waals surface area contributed by atoms with Crippen LogP contribution in [0.3, 0.4) is 0 Å². The van der Waals surface area contributed by atoms with Gasteiger partial charge in [0, 0.05) is 11.1 Å². The van der Waals surface area contributed by atoms with Crippen molar-refractivity contribution in [2.45, 2.75) is 26.4 Å². The number of fused-ring (bicyclic) bond motifs is 1. The second-order valence-electron chi connectivity index (χ2n) is 8.04. The molecule has 0 aliphatic rings. The van der Waals surface area contributed by atoms with Crippen molar-refractivity contribution in [3.05, 3.63) is 107 Å². The zero-order valence-electron chi connectivity index (χ0n) is 19.5. The van der Waals surface area contributed by atoms with Crippen LogP contribution in [0.15, 0.2) is 90.0 Å². The number of ether oxygens (including phenoxy) is 2. The Bertz CT molecular complexity index is 1300. The second kappa shape index (κ2) is 11.8. The van der Waals surface area contributed by atoms with Gasteiger partial charge in [0.1, 0.15) is 23.9 Å². The number of amides is 1. The van der Waals surface area contributed by atoms with E-state index in [2.05, 4.69) is 17.5 Å². The molecule has 0 saturated carbocycles. The molecule has 4 aromatic carbocycles. The summed E-state index contributed by atoms with van der Waals surface area (Å²) in [5.41, 5.74) is 4.65. The molecule has 0 bridgehead atoms. The van der Waals surface area contributed by atoms with E-state index in [1.165, 1.54) is 12.1 Å². The van der Waals surface area contributed by atoms with Crippen LogP contribution in [0.25, 0.3) is 10.8 Å². The number of hydrazone groups is 1. The van der Waals surface area contributed by atoms with Crippen molar-refractivity contribution in [1.29, 1.82) is 0 Å². The minimum Gasteiger partial charge on any atom is -0.494 e. The predicted octanol–water partition coefficient (Wildman–Crippen LogP) is 6.50. The Morgan fingerprint density at radius 3 is 2.49 bits per heavy atom. The van der Waals surface area contributed by atoms with Crippen LogP contribution >= 0.6 is 0 Å². The van der Waals surface area contributed by atoms with Crippen molar-refractivity contribution in [2.75, 3.05) is 6.61 Å². The molecule has 6 heteroatoms. The number of hydrogen-bond acceptors (Lipinski definition) is 4. The summed E-state index contributed by atoms with van der Waals surface area (Å²) in [6.45, 7) is 3.04. The third-order valence-electron chi connectivity index (χ3n) is 5.48. The number of unbranched alkanes of at least 4 members (excludes halogenated alkanes) is 1. The van der Waals surface area contributed by atoms with Gasteiger partial charge < -0.3 is 9.47 Å². The highest BCUT2D eigenvalue weighted by Gasteiger charge is 2.09. The Hall–Kier alpha value is -4.19. The maximum atomic E-state index is 13.2. The van der Waals surface area contributed by atoms with Crippen molar-refractivity contribution < 1.29 is 18.7 Å². The van der Waals surface area contributed by atoms with Crippen molar-refractivity contribution in [3.8, 4) is 11.5 Å². The van der Waals surface area contributed by atoms with Gasteiger partial charge >= 0.3 is 0 Å². The summed E-state index contributed by atoms with van der Waals surface area (Å²) in [4.78, 5) is 12.6. The first-order valence-corrected chi connectivity index (χ1v) is 11.6. The van der Waals surface area contributed by atoms with Crippen LogP contribution in [0.4, 0.5) is 4.39 Å². The van der Waals surface area contributed by atoms with Gasteiger partial charge in [-0.2, -0.15) is 5.10 Å². The van der Waals surface area contributed by atoms with Gasteiger partial charge in [-0.15, -0.1) is 0 Å². The van der Waals surface area contributed by atoms with E-state index in [1.54, 1.807) is 42.6 Å². The minimum atomic E-state index is -0.324. The summed E-state index contributed by atoms with van der Waals surface area (Å²) in [5.74, 6) is 0.730. The van der Waals surface area contributed by atoms with Crippen LogP contribution in [0, 0.1) is 5.82 Å². The van der Waals surface area contributed by atoms with Crippen molar-refractivity contribution in [2.24, 2.45) is 5.10 Å². The van der Waals surface area contributed by atoms with Gasteiger partial charge in [0.05, 0.1) is 12.8 Å². The van der Waals surface area contributed by atoms with Gasteiger partial charge in [0.2, 0.25) is 0 Å². The fraction of sp³-hybridized carbons (Fsp3) is 0.172. The van der Waals surface area contributed by atoms with E-state index < -0.39 is 0 Å². The molecule has 0 spiro atoms. The summed E-state index contributed by atoms with van der Waals surface area (Å²) in [6, 6.07) is 24.9. The lowest BCUT2D eigenvalue weighted by atomic mass is 10.0. The lowest BCUT2D eigenvalue weighted by Crippen LogP contribution is -2.17. The maximum Gasteiger partial charge on any atom is 0.271 e. The van der Waals surface area contributed by atoms with Crippen LogP contribution in [0.1, 0.15) is 41.3 Å². The topological polar surface area (TPSA) is 59.9 Å². The van der Waals surface area contributed by atoms with Crippen LogP contribution in [-0.4, -0.2) is 18.7 Å². The van der Waals surface area contributed by atoms with E-state index in [9.17, 15) is 9.18 Å². The molecule has 1 amide bonds. The quantitative estimate of drug-likeness (QED) is 0.163. The highest BCUT2D eigenvalue weighted by atomic mass is 19.1. The van der Waals surface area contributed by atoms with E-state index in [-0.39, 0.29) is 18.3 Å². The van der Waals surface area contributed by atoms with Gasteiger partial charge in [-0.05, 0) is 65.2 Å². The highest BCUT2D eigenvalue weighted by Crippen LogP contribution is 2.27. The molecule has 0 aliphatic heterocycles. The van der Waals surface area contributed by atoms with Gasteiger partial charge in [-0.1, -0.05) is 55.8 Å². The molecule has 35 heavy (non-hydrogen) atoms. The van der Waals surface area contributed by atoms with Crippen LogP contribution < -0.4 is 14.9 Å². The van der Waals surface area contributed by atoms with Crippen LogP contribution in [0.5, 0.6) is 11.5 Å². The van der Waals surface area contributed by atoms with E-state index in [1.807, 2.05) is 36.4 Å². The Balaban J connectivity index is 1.47. The third-order valence-corrected chi connectivity index (χ3v) is 5.48.